The molecule has 7 heteroatoms. The number of piperidine rings is 1. The van der Waals surface area contributed by atoms with Gasteiger partial charge < -0.3 is 0 Å². The molecule has 0 bridgehead atoms. The third-order valence-electron chi connectivity index (χ3n) is 3.45. The Hall–Kier alpha value is -2.57. The van der Waals surface area contributed by atoms with Crippen molar-refractivity contribution in [2.75, 3.05) is 0 Å². The van der Waals surface area contributed by atoms with Crippen molar-refractivity contribution in [2.45, 2.75) is 39.2 Å². The Bertz CT molecular complexity index is 641. The second-order valence-corrected chi connectivity index (χ2v) is 4.71. The molecule has 1 N–H and O–H groups in total. The van der Waals surface area contributed by atoms with E-state index in [1.165, 1.54) is 6.20 Å². The maximum absolute atomic E-state index is 12.4. The first kappa shape index (κ1) is 15.8. The number of amides is 4. The van der Waals surface area contributed by atoms with Crippen LogP contribution in [0.2, 0.25) is 0 Å². The Morgan fingerprint density at radius 2 is 1.95 bits per heavy atom. The molecule has 3 rings (SSSR count). The highest BCUT2D eigenvalue weighted by Crippen LogP contribution is 2.23. The van der Waals surface area contributed by atoms with E-state index in [9.17, 15) is 19.2 Å². The standard InChI is InChI=1S/C13H11N3O4.C2H6/c17-10-4-3-9(12(19)15-10)16-11(18)6-8-7(13(16)20)2-1-5-14-8;1-2/h1-2,5,9H,3-4,6H2,(H,15,17,19);1-2H3. The molecule has 0 radical (unpaired) electrons. The van der Waals surface area contributed by atoms with Gasteiger partial charge >= 0.3 is 0 Å². The van der Waals surface area contributed by atoms with Gasteiger partial charge in [0, 0.05) is 12.6 Å². The van der Waals surface area contributed by atoms with Gasteiger partial charge in [0.05, 0.1) is 17.7 Å². The van der Waals surface area contributed by atoms with Gasteiger partial charge in [-0.25, -0.2) is 0 Å². The molecule has 22 heavy (non-hydrogen) atoms. The molecule has 0 saturated carbocycles. The van der Waals surface area contributed by atoms with Gasteiger partial charge in [-0.2, -0.15) is 0 Å². The number of hydrogen-bond acceptors (Lipinski definition) is 5. The zero-order chi connectivity index (χ0) is 16.3. The number of nitrogens with one attached hydrogen (secondary N) is 1. The second-order valence-electron chi connectivity index (χ2n) is 4.71. The molecule has 3 heterocycles. The van der Waals surface area contributed by atoms with E-state index < -0.39 is 23.8 Å². The number of nitrogens with zero attached hydrogens (tertiary/aromatic N) is 2. The summed E-state index contributed by atoms with van der Waals surface area (Å²) in [5, 5.41) is 2.15. The van der Waals surface area contributed by atoms with Crippen molar-refractivity contribution in [3.05, 3.63) is 29.6 Å². The topological polar surface area (TPSA) is 96.4 Å². The van der Waals surface area contributed by atoms with E-state index in [0.717, 1.165) is 4.90 Å². The summed E-state index contributed by atoms with van der Waals surface area (Å²) >= 11 is 0. The molecular formula is C15H17N3O4. The molecule has 2 aliphatic heterocycles. The molecule has 1 atom stereocenters. The van der Waals surface area contributed by atoms with Crippen LogP contribution in [0.4, 0.5) is 0 Å². The molecule has 0 aliphatic carbocycles. The van der Waals surface area contributed by atoms with E-state index >= 15 is 0 Å². The fourth-order valence-corrected chi connectivity index (χ4v) is 2.49. The minimum atomic E-state index is -0.916. The third kappa shape index (κ3) is 2.74. The first-order chi connectivity index (χ1) is 10.6. The van der Waals surface area contributed by atoms with E-state index in [1.54, 1.807) is 12.1 Å². The van der Waals surface area contributed by atoms with Crippen molar-refractivity contribution >= 4 is 23.6 Å². The number of aromatic nitrogens is 1. The zero-order valence-electron chi connectivity index (χ0n) is 12.5. The van der Waals surface area contributed by atoms with Gasteiger partial charge in [0.15, 0.2) is 0 Å². The van der Waals surface area contributed by atoms with Crippen molar-refractivity contribution in [2.24, 2.45) is 0 Å². The van der Waals surface area contributed by atoms with Gasteiger partial charge in [0.2, 0.25) is 17.7 Å². The molecule has 1 fully saturated rings. The quantitative estimate of drug-likeness (QED) is 0.759. The molecule has 0 spiro atoms. The summed E-state index contributed by atoms with van der Waals surface area (Å²) in [4.78, 5) is 52.4. The number of hydrogen-bond donors (Lipinski definition) is 1. The van der Waals surface area contributed by atoms with E-state index in [1.807, 2.05) is 13.8 Å². The number of pyridine rings is 1. The van der Waals surface area contributed by atoms with Crippen LogP contribution in [0.1, 0.15) is 42.7 Å². The molecule has 116 valence electrons. The normalized spacial score (nSPS) is 20.8. The summed E-state index contributed by atoms with van der Waals surface area (Å²) in [6.07, 6.45) is 1.78. The van der Waals surface area contributed by atoms with Gasteiger partial charge in [-0.3, -0.25) is 34.4 Å². The van der Waals surface area contributed by atoms with Crippen molar-refractivity contribution in [3.8, 4) is 0 Å². The lowest BCUT2D eigenvalue weighted by molar-refractivity contribution is -0.143. The highest BCUT2D eigenvalue weighted by Gasteiger charge is 2.41. The maximum atomic E-state index is 12.4. The minimum absolute atomic E-state index is 0.0142. The van der Waals surface area contributed by atoms with E-state index in [2.05, 4.69) is 10.3 Å². The van der Waals surface area contributed by atoms with Crippen LogP contribution in [0.25, 0.3) is 0 Å². The average molecular weight is 303 g/mol. The van der Waals surface area contributed by atoms with Gasteiger partial charge in [0.25, 0.3) is 5.91 Å². The Balaban J connectivity index is 0.000000847. The van der Waals surface area contributed by atoms with Crippen LogP contribution in [0.15, 0.2) is 18.3 Å². The van der Waals surface area contributed by atoms with Crippen molar-refractivity contribution < 1.29 is 19.2 Å². The molecule has 2 aliphatic rings. The Morgan fingerprint density at radius 3 is 2.64 bits per heavy atom. The molecule has 1 aromatic rings. The Morgan fingerprint density at radius 1 is 1.23 bits per heavy atom. The predicted molar refractivity (Wildman–Crippen MR) is 76.6 cm³/mol. The SMILES string of the molecule is CC.O=C1CCC(N2C(=O)Cc3ncccc3C2=O)C(=O)N1. The summed E-state index contributed by atoms with van der Waals surface area (Å²) in [6, 6.07) is 2.27. The molecule has 1 aromatic heterocycles. The number of imide groups is 2. The number of carbonyl (C=O) groups excluding carboxylic acids is 4. The predicted octanol–water partition coefficient (Wildman–Crippen LogP) is 0.438. The lowest BCUT2D eigenvalue weighted by atomic mass is 9.98. The zero-order valence-corrected chi connectivity index (χ0v) is 12.5. The monoisotopic (exact) mass is 303 g/mol. The van der Waals surface area contributed by atoms with E-state index in [-0.39, 0.29) is 25.2 Å². The fraction of sp³-hybridized carbons (Fsp3) is 0.400. The van der Waals surface area contributed by atoms with Gasteiger partial charge in [0.1, 0.15) is 6.04 Å². The van der Waals surface area contributed by atoms with Crippen LogP contribution < -0.4 is 5.32 Å². The molecule has 1 unspecified atom stereocenters. The number of fused-ring (bicyclic) bond motifs is 1. The lowest BCUT2D eigenvalue weighted by Crippen LogP contribution is -2.58. The summed E-state index contributed by atoms with van der Waals surface area (Å²) in [7, 11) is 0. The van der Waals surface area contributed by atoms with Crippen LogP contribution >= 0.6 is 0 Å². The summed E-state index contributed by atoms with van der Waals surface area (Å²) < 4.78 is 0. The van der Waals surface area contributed by atoms with Crippen LogP contribution in [-0.2, 0) is 20.8 Å². The minimum Gasteiger partial charge on any atom is -0.295 e. The highest BCUT2D eigenvalue weighted by atomic mass is 16.2. The number of carbonyl (C=O) groups is 4. The first-order valence-electron chi connectivity index (χ1n) is 7.22. The second kappa shape index (κ2) is 6.46. The van der Waals surface area contributed by atoms with Crippen LogP contribution in [-0.4, -0.2) is 39.6 Å². The van der Waals surface area contributed by atoms with Crippen molar-refractivity contribution in [3.63, 3.8) is 0 Å². The molecule has 4 amide bonds. The first-order valence-corrected chi connectivity index (χ1v) is 7.22. The highest BCUT2D eigenvalue weighted by molar-refractivity contribution is 6.13. The molecular weight excluding hydrogens is 286 g/mol. The van der Waals surface area contributed by atoms with E-state index in [4.69, 9.17) is 0 Å². The largest absolute Gasteiger partial charge is 0.295 e. The number of rotatable bonds is 1. The fourth-order valence-electron chi connectivity index (χ4n) is 2.49. The molecule has 1 saturated heterocycles. The lowest BCUT2D eigenvalue weighted by Gasteiger charge is -2.34. The van der Waals surface area contributed by atoms with Crippen molar-refractivity contribution in [1.82, 2.24) is 15.2 Å². The van der Waals surface area contributed by atoms with Gasteiger partial charge in [-0.1, -0.05) is 13.8 Å². The Kier molecular flexibility index (Phi) is 4.65. The average Bonchev–Trinajstić information content (AvgIpc) is 2.51. The van der Waals surface area contributed by atoms with Gasteiger partial charge in [-0.05, 0) is 18.6 Å². The van der Waals surface area contributed by atoms with Crippen LogP contribution in [0.3, 0.4) is 0 Å². The summed E-state index contributed by atoms with van der Waals surface area (Å²) in [6.45, 7) is 4.00. The Labute approximate surface area is 127 Å². The van der Waals surface area contributed by atoms with Gasteiger partial charge in [-0.15, -0.1) is 0 Å². The molecule has 0 aromatic carbocycles. The molecule has 7 nitrogen and oxygen atoms in total. The van der Waals surface area contributed by atoms with Crippen LogP contribution in [0.5, 0.6) is 0 Å². The maximum Gasteiger partial charge on any atom is 0.263 e. The van der Waals surface area contributed by atoms with Crippen LogP contribution in [0, 0.1) is 0 Å². The van der Waals surface area contributed by atoms with E-state index in [0.29, 0.717) is 11.3 Å². The van der Waals surface area contributed by atoms with Crippen molar-refractivity contribution in [1.29, 1.82) is 0 Å². The smallest absolute Gasteiger partial charge is 0.263 e. The summed E-state index contributed by atoms with van der Waals surface area (Å²) in [5.41, 5.74) is 0.753. The summed E-state index contributed by atoms with van der Waals surface area (Å²) in [5.74, 6) is -1.98. The third-order valence-corrected chi connectivity index (χ3v) is 3.45.